The number of aryl methyl sites for hydroxylation is 1. The molecule has 0 aliphatic carbocycles. The van der Waals surface area contributed by atoms with E-state index in [0.29, 0.717) is 12.0 Å². The first-order valence-corrected chi connectivity index (χ1v) is 7.62. The maximum atomic E-state index is 12.4. The van der Waals surface area contributed by atoms with Crippen LogP contribution in [0.3, 0.4) is 0 Å². The normalized spacial score (nSPS) is 13.3. The van der Waals surface area contributed by atoms with Crippen LogP contribution in [0.5, 0.6) is 0 Å². The van der Waals surface area contributed by atoms with Crippen molar-refractivity contribution in [3.05, 3.63) is 35.4 Å². The summed E-state index contributed by atoms with van der Waals surface area (Å²) in [5.74, 6) is -1.78. The lowest BCUT2D eigenvalue weighted by Crippen LogP contribution is -2.51. The van der Waals surface area contributed by atoms with Crippen LogP contribution in [0.25, 0.3) is 0 Å². The van der Waals surface area contributed by atoms with E-state index in [1.54, 1.807) is 12.1 Å². The lowest BCUT2D eigenvalue weighted by atomic mass is 10.0. The van der Waals surface area contributed by atoms with Crippen molar-refractivity contribution in [1.82, 2.24) is 10.6 Å². The summed E-state index contributed by atoms with van der Waals surface area (Å²) in [7, 11) is 0. The summed E-state index contributed by atoms with van der Waals surface area (Å²) in [5, 5.41) is 14.0. The second-order valence-corrected chi connectivity index (χ2v) is 6.04. The third-order valence-electron chi connectivity index (χ3n) is 3.45. The minimum absolute atomic E-state index is 0.169. The molecule has 1 aromatic rings. The monoisotopic (exact) mass is 320 g/mol. The highest BCUT2D eigenvalue weighted by Gasteiger charge is 2.25. The van der Waals surface area contributed by atoms with Crippen molar-refractivity contribution >= 4 is 17.8 Å². The van der Waals surface area contributed by atoms with Crippen LogP contribution in [-0.4, -0.2) is 35.0 Å². The van der Waals surface area contributed by atoms with E-state index in [1.165, 1.54) is 6.92 Å². The fraction of sp³-hybridized carbons (Fsp3) is 0.471. The first kappa shape index (κ1) is 18.7. The van der Waals surface area contributed by atoms with Gasteiger partial charge < -0.3 is 15.7 Å². The number of rotatable bonds is 7. The Hall–Kier alpha value is -2.37. The van der Waals surface area contributed by atoms with Crippen molar-refractivity contribution in [3.63, 3.8) is 0 Å². The molecule has 1 aromatic carbocycles. The van der Waals surface area contributed by atoms with Gasteiger partial charge in [-0.05, 0) is 37.8 Å². The minimum atomic E-state index is -1.12. The van der Waals surface area contributed by atoms with E-state index in [9.17, 15) is 14.4 Å². The van der Waals surface area contributed by atoms with E-state index in [4.69, 9.17) is 5.11 Å². The zero-order chi connectivity index (χ0) is 17.6. The number of carbonyl (C=O) groups excluding carboxylic acids is 2. The molecule has 1 rings (SSSR count). The van der Waals surface area contributed by atoms with E-state index in [0.717, 1.165) is 5.56 Å². The average molecular weight is 320 g/mol. The molecule has 2 unspecified atom stereocenters. The van der Waals surface area contributed by atoms with Crippen LogP contribution in [0.4, 0.5) is 0 Å². The summed E-state index contributed by atoms with van der Waals surface area (Å²) < 4.78 is 0. The Labute approximate surface area is 136 Å². The molecule has 2 amide bonds. The van der Waals surface area contributed by atoms with Gasteiger partial charge in [0.15, 0.2) is 0 Å². The van der Waals surface area contributed by atoms with Crippen LogP contribution in [0, 0.1) is 12.8 Å². The smallest absolute Gasteiger partial charge is 0.325 e. The Morgan fingerprint density at radius 2 is 1.70 bits per heavy atom. The Balaban J connectivity index is 2.86. The molecule has 0 heterocycles. The number of benzene rings is 1. The van der Waals surface area contributed by atoms with Crippen molar-refractivity contribution in [2.24, 2.45) is 5.92 Å². The second kappa shape index (κ2) is 8.31. The molecule has 0 aromatic heterocycles. The van der Waals surface area contributed by atoms with Crippen LogP contribution in [0.1, 0.15) is 43.1 Å². The Bertz CT molecular complexity index is 584. The van der Waals surface area contributed by atoms with Crippen LogP contribution in [0.15, 0.2) is 24.3 Å². The van der Waals surface area contributed by atoms with Crippen LogP contribution >= 0.6 is 0 Å². The van der Waals surface area contributed by atoms with E-state index in [-0.39, 0.29) is 11.8 Å². The molecule has 0 spiro atoms. The predicted octanol–water partition coefficient (Wildman–Crippen LogP) is 1.73. The van der Waals surface area contributed by atoms with Gasteiger partial charge in [-0.15, -0.1) is 0 Å². The Morgan fingerprint density at radius 3 is 2.22 bits per heavy atom. The molecule has 0 aliphatic rings. The van der Waals surface area contributed by atoms with Gasteiger partial charge in [0.05, 0.1) is 0 Å². The topological polar surface area (TPSA) is 95.5 Å². The first-order valence-electron chi connectivity index (χ1n) is 7.62. The van der Waals surface area contributed by atoms with Gasteiger partial charge in [-0.3, -0.25) is 14.4 Å². The van der Waals surface area contributed by atoms with Gasteiger partial charge in [0.1, 0.15) is 12.1 Å². The molecule has 2 atom stereocenters. The highest BCUT2D eigenvalue weighted by atomic mass is 16.4. The lowest BCUT2D eigenvalue weighted by molar-refractivity contribution is -0.141. The first-order chi connectivity index (χ1) is 10.7. The third kappa shape index (κ3) is 5.73. The number of carboxylic acid groups (broad SMARTS) is 1. The number of carbonyl (C=O) groups is 3. The molecule has 6 nitrogen and oxygen atoms in total. The molecule has 6 heteroatoms. The molecule has 126 valence electrons. The largest absolute Gasteiger partial charge is 0.480 e. The van der Waals surface area contributed by atoms with Gasteiger partial charge in [-0.1, -0.05) is 32.0 Å². The fourth-order valence-electron chi connectivity index (χ4n) is 2.14. The zero-order valence-electron chi connectivity index (χ0n) is 13.9. The summed E-state index contributed by atoms with van der Waals surface area (Å²) in [5.41, 5.74) is 1.31. The molecule has 3 N–H and O–H groups in total. The lowest BCUT2D eigenvalue weighted by Gasteiger charge is -2.22. The van der Waals surface area contributed by atoms with Crippen LogP contribution in [-0.2, 0) is 9.59 Å². The second-order valence-electron chi connectivity index (χ2n) is 6.04. The molecular weight excluding hydrogens is 296 g/mol. The summed E-state index contributed by atoms with van der Waals surface area (Å²) in [4.78, 5) is 35.5. The molecule has 23 heavy (non-hydrogen) atoms. The number of amides is 2. The van der Waals surface area contributed by atoms with Gasteiger partial charge in [0, 0.05) is 5.56 Å². The fourth-order valence-corrected chi connectivity index (χ4v) is 2.14. The van der Waals surface area contributed by atoms with Crippen LogP contribution < -0.4 is 10.6 Å². The maximum absolute atomic E-state index is 12.4. The summed E-state index contributed by atoms with van der Waals surface area (Å²) in [6.45, 7) is 7.07. The van der Waals surface area contributed by atoms with E-state index < -0.39 is 24.0 Å². The van der Waals surface area contributed by atoms with E-state index in [1.807, 2.05) is 32.9 Å². The number of nitrogens with one attached hydrogen (secondary N) is 2. The van der Waals surface area contributed by atoms with Crippen molar-refractivity contribution in [2.75, 3.05) is 0 Å². The summed E-state index contributed by atoms with van der Waals surface area (Å²) >= 11 is 0. The standard InChI is InChI=1S/C17H24N2O4/c1-10(2)9-14(16(21)18-12(4)17(22)23)19-15(20)13-8-6-5-7-11(13)3/h5-8,10,12,14H,9H2,1-4H3,(H,18,21)(H,19,20)(H,22,23). The molecule has 0 radical (unpaired) electrons. The number of hydrogen-bond donors (Lipinski definition) is 3. The molecular formula is C17H24N2O4. The zero-order valence-corrected chi connectivity index (χ0v) is 13.9. The third-order valence-corrected chi connectivity index (χ3v) is 3.45. The van der Waals surface area contributed by atoms with E-state index in [2.05, 4.69) is 10.6 Å². The van der Waals surface area contributed by atoms with Crippen molar-refractivity contribution in [3.8, 4) is 0 Å². The van der Waals surface area contributed by atoms with E-state index >= 15 is 0 Å². The summed E-state index contributed by atoms with van der Waals surface area (Å²) in [6.07, 6.45) is 0.426. The Morgan fingerprint density at radius 1 is 1.09 bits per heavy atom. The average Bonchev–Trinajstić information content (AvgIpc) is 2.46. The molecule has 0 saturated carbocycles. The van der Waals surface area contributed by atoms with Gasteiger partial charge in [-0.25, -0.2) is 0 Å². The van der Waals surface area contributed by atoms with Gasteiger partial charge in [0.2, 0.25) is 5.91 Å². The number of carboxylic acids is 1. The van der Waals surface area contributed by atoms with Crippen molar-refractivity contribution in [1.29, 1.82) is 0 Å². The number of hydrogen-bond acceptors (Lipinski definition) is 3. The molecule has 0 saturated heterocycles. The number of aliphatic carboxylic acids is 1. The van der Waals surface area contributed by atoms with Gasteiger partial charge in [0.25, 0.3) is 5.91 Å². The SMILES string of the molecule is Cc1ccccc1C(=O)NC(CC(C)C)C(=O)NC(C)C(=O)O. The van der Waals surface area contributed by atoms with Gasteiger partial charge in [-0.2, -0.15) is 0 Å². The molecule has 0 aliphatic heterocycles. The van der Waals surface area contributed by atoms with Crippen LogP contribution in [0.2, 0.25) is 0 Å². The minimum Gasteiger partial charge on any atom is -0.480 e. The maximum Gasteiger partial charge on any atom is 0.325 e. The Kier molecular flexibility index (Phi) is 6.75. The predicted molar refractivity (Wildman–Crippen MR) is 87.1 cm³/mol. The van der Waals surface area contributed by atoms with Gasteiger partial charge >= 0.3 is 5.97 Å². The molecule has 0 fully saturated rings. The van der Waals surface area contributed by atoms with Crippen molar-refractivity contribution < 1.29 is 19.5 Å². The van der Waals surface area contributed by atoms with Crippen molar-refractivity contribution in [2.45, 2.75) is 46.2 Å². The molecule has 0 bridgehead atoms. The highest BCUT2D eigenvalue weighted by Crippen LogP contribution is 2.10. The highest BCUT2D eigenvalue weighted by molar-refractivity contribution is 5.99. The summed E-state index contributed by atoms with van der Waals surface area (Å²) in [6, 6.07) is 5.31. The quantitative estimate of drug-likeness (QED) is 0.713.